The lowest BCUT2D eigenvalue weighted by molar-refractivity contribution is -0.129. The first kappa shape index (κ1) is 17.1. The highest BCUT2D eigenvalue weighted by Gasteiger charge is 2.25. The number of hydrogen-bond acceptors (Lipinski definition) is 6. The number of nitrogens with zero attached hydrogens (tertiary/aromatic N) is 3. The molecule has 0 saturated heterocycles. The zero-order valence-electron chi connectivity index (χ0n) is 13.0. The first-order valence-corrected chi connectivity index (χ1v) is 7.36. The topological polar surface area (TPSA) is 114 Å². The zero-order valence-corrected chi connectivity index (χ0v) is 13.8. The van der Waals surface area contributed by atoms with Gasteiger partial charge in [-0.2, -0.15) is 4.98 Å². The zero-order chi connectivity index (χ0) is 17.2. The van der Waals surface area contributed by atoms with Gasteiger partial charge < -0.3 is 15.2 Å². The molecule has 0 unspecified atom stereocenters. The van der Waals surface area contributed by atoms with E-state index in [9.17, 15) is 9.59 Å². The summed E-state index contributed by atoms with van der Waals surface area (Å²) in [6.45, 7) is 5.59. The number of amides is 1. The van der Waals surface area contributed by atoms with Crippen LogP contribution < -0.4 is 5.32 Å². The van der Waals surface area contributed by atoms with Crippen LogP contribution in [-0.2, 0) is 22.4 Å². The first-order chi connectivity index (χ1) is 10.7. The van der Waals surface area contributed by atoms with E-state index in [2.05, 4.69) is 20.3 Å². The van der Waals surface area contributed by atoms with Crippen LogP contribution in [-0.4, -0.2) is 45.0 Å². The second kappa shape index (κ2) is 6.49. The number of nitrogens with one attached hydrogen (secondary N) is 1. The van der Waals surface area contributed by atoms with E-state index in [0.29, 0.717) is 17.7 Å². The molecule has 1 aliphatic rings. The highest BCUT2D eigenvalue weighted by Crippen LogP contribution is 2.28. The molecule has 8 nitrogen and oxygen atoms in total. The van der Waals surface area contributed by atoms with Gasteiger partial charge in [0.1, 0.15) is 11.3 Å². The number of hydrogen-bond donors (Lipinski definition) is 2. The summed E-state index contributed by atoms with van der Waals surface area (Å²) in [7, 11) is 0. The van der Waals surface area contributed by atoms with Crippen molar-refractivity contribution in [1.82, 2.24) is 15.3 Å². The molecule has 2 N–H and O–H groups in total. The summed E-state index contributed by atoms with van der Waals surface area (Å²) in [5, 5.41) is 11.6. The van der Waals surface area contributed by atoms with Crippen LogP contribution in [0.25, 0.3) is 0 Å². The van der Waals surface area contributed by atoms with E-state index in [4.69, 9.17) is 21.4 Å². The third-order valence-electron chi connectivity index (χ3n) is 2.91. The number of carbonyl (C=O) groups is 2. The third kappa shape index (κ3) is 4.62. The van der Waals surface area contributed by atoms with Gasteiger partial charge >= 0.3 is 12.1 Å². The van der Waals surface area contributed by atoms with Crippen molar-refractivity contribution in [2.24, 2.45) is 4.99 Å². The Hall–Kier alpha value is -2.22. The molecule has 1 aromatic rings. The standard InChI is InChI=1S/C14H17ClN4O4/c1-14(2,3)23-13(22)16-5-4-8-7-6-9(11(20)21)17-10(7)19-12(15)18-8/h4-6H2,1-3H3,(H,16,22)(H,20,21). The van der Waals surface area contributed by atoms with E-state index in [-0.39, 0.29) is 29.8 Å². The summed E-state index contributed by atoms with van der Waals surface area (Å²) in [6, 6.07) is 0. The van der Waals surface area contributed by atoms with Gasteiger partial charge in [0.15, 0.2) is 5.82 Å². The van der Waals surface area contributed by atoms with Crippen molar-refractivity contribution < 1.29 is 19.4 Å². The number of carboxylic acid groups (broad SMARTS) is 1. The predicted octanol–water partition coefficient (Wildman–Crippen LogP) is 1.91. The minimum atomic E-state index is -1.10. The Balaban J connectivity index is 2.01. The number of fused-ring (bicyclic) bond motifs is 1. The van der Waals surface area contributed by atoms with Gasteiger partial charge in [0.25, 0.3) is 0 Å². The fraction of sp³-hybridized carbons (Fsp3) is 0.500. The fourth-order valence-electron chi connectivity index (χ4n) is 2.02. The summed E-state index contributed by atoms with van der Waals surface area (Å²) in [6.07, 6.45) is -0.0210. The Labute approximate surface area is 137 Å². The van der Waals surface area contributed by atoms with E-state index in [1.165, 1.54) is 0 Å². The van der Waals surface area contributed by atoms with Gasteiger partial charge in [0.2, 0.25) is 5.28 Å². The molecular weight excluding hydrogens is 324 g/mol. The Morgan fingerprint density at radius 1 is 1.35 bits per heavy atom. The molecule has 0 bridgehead atoms. The van der Waals surface area contributed by atoms with Crippen LogP contribution in [0, 0.1) is 0 Å². The van der Waals surface area contributed by atoms with E-state index in [1.54, 1.807) is 20.8 Å². The highest BCUT2D eigenvalue weighted by molar-refractivity contribution is 6.37. The van der Waals surface area contributed by atoms with Gasteiger partial charge in [-0.05, 0) is 32.4 Å². The van der Waals surface area contributed by atoms with Crippen LogP contribution >= 0.6 is 11.6 Å². The third-order valence-corrected chi connectivity index (χ3v) is 3.07. The van der Waals surface area contributed by atoms with Crippen LogP contribution in [0.1, 0.15) is 32.0 Å². The molecule has 0 aromatic carbocycles. The quantitative estimate of drug-likeness (QED) is 0.809. The van der Waals surface area contributed by atoms with Crippen LogP contribution in [0.3, 0.4) is 0 Å². The average molecular weight is 341 g/mol. The van der Waals surface area contributed by atoms with Gasteiger partial charge in [-0.15, -0.1) is 0 Å². The van der Waals surface area contributed by atoms with Gasteiger partial charge in [-0.3, -0.25) is 0 Å². The molecule has 1 amide bonds. The Bertz CT molecular complexity index is 682. The van der Waals surface area contributed by atoms with Crippen LogP contribution in [0.5, 0.6) is 0 Å². The van der Waals surface area contributed by atoms with Crippen molar-refractivity contribution in [1.29, 1.82) is 0 Å². The molecule has 9 heteroatoms. The lowest BCUT2D eigenvalue weighted by atomic mass is 10.1. The second-order valence-electron chi connectivity index (χ2n) is 5.96. The number of carboxylic acids is 1. The van der Waals surface area contributed by atoms with Gasteiger partial charge in [-0.25, -0.2) is 19.6 Å². The minimum absolute atomic E-state index is 0.00193. The van der Waals surface area contributed by atoms with Crippen LogP contribution in [0.15, 0.2) is 4.99 Å². The molecule has 0 saturated carbocycles. The molecule has 0 fully saturated rings. The van der Waals surface area contributed by atoms with Crippen molar-refractivity contribution in [3.05, 3.63) is 16.5 Å². The normalized spacial score (nSPS) is 13.3. The van der Waals surface area contributed by atoms with Crippen molar-refractivity contribution >= 4 is 35.2 Å². The Kier molecular flexibility index (Phi) is 4.84. The SMILES string of the molecule is CC(C)(C)OC(=O)NCCc1nc(Cl)nc2c1CC(C(=O)O)=N2. The number of rotatable bonds is 4. The number of aliphatic carboxylic acids is 1. The van der Waals surface area contributed by atoms with E-state index < -0.39 is 17.7 Å². The first-order valence-electron chi connectivity index (χ1n) is 6.98. The maximum Gasteiger partial charge on any atom is 0.407 e. The van der Waals surface area contributed by atoms with Crippen LogP contribution in [0.2, 0.25) is 5.28 Å². The molecule has 1 aliphatic heterocycles. The molecule has 1 aromatic heterocycles. The molecular formula is C14H17ClN4O4. The Morgan fingerprint density at radius 2 is 2.04 bits per heavy atom. The smallest absolute Gasteiger partial charge is 0.407 e. The summed E-state index contributed by atoms with van der Waals surface area (Å²) < 4.78 is 5.13. The van der Waals surface area contributed by atoms with Crippen molar-refractivity contribution in [2.75, 3.05) is 6.54 Å². The van der Waals surface area contributed by atoms with Crippen molar-refractivity contribution in [3.8, 4) is 0 Å². The second-order valence-corrected chi connectivity index (χ2v) is 6.30. The lowest BCUT2D eigenvalue weighted by Crippen LogP contribution is -2.33. The van der Waals surface area contributed by atoms with Gasteiger partial charge in [0.05, 0.1) is 5.69 Å². The van der Waals surface area contributed by atoms with Crippen molar-refractivity contribution in [3.63, 3.8) is 0 Å². The highest BCUT2D eigenvalue weighted by atomic mass is 35.5. The molecule has 23 heavy (non-hydrogen) atoms. The number of halogens is 1. The van der Waals surface area contributed by atoms with E-state index >= 15 is 0 Å². The Morgan fingerprint density at radius 3 is 2.65 bits per heavy atom. The van der Waals surface area contributed by atoms with Gasteiger partial charge in [-0.1, -0.05) is 0 Å². The maximum absolute atomic E-state index is 11.6. The van der Waals surface area contributed by atoms with E-state index in [0.717, 1.165) is 0 Å². The molecule has 0 radical (unpaired) electrons. The largest absolute Gasteiger partial charge is 0.477 e. The number of aliphatic imine (C=N–C) groups is 1. The van der Waals surface area contributed by atoms with Crippen LogP contribution in [0.4, 0.5) is 10.6 Å². The van der Waals surface area contributed by atoms with Crippen molar-refractivity contribution in [2.45, 2.75) is 39.2 Å². The van der Waals surface area contributed by atoms with E-state index in [1.807, 2.05) is 0 Å². The average Bonchev–Trinajstić information content (AvgIpc) is 2.80. The monoisotopic (exact) mass is 340 g/mol. The minimum Gasteiger partial charge on any atom is -0.477 e. The summed E-state index contributed by atoms with van der Waals surface area (Å²) in [4.78, 5) is 34.6. The molecule has 0 atom stereocenters. The number of alkyl carbamates (subject to hydrolysis) is 1. The predicted molar refractivity (Wildman–Crippen MR) is 83.4 cm³/mol. The number of carbonyl (C=O) groups excluding carboxylic acids is 1. The van der Waals surface area contributed by atoms with Gasteiger partial charge in [0, 0.05) is 24.9 Å². The maximum atomic E-state index is 11.6. The summed E-state index contributed by atoms with van der Waals surface area (Å²) >= 11 is 5.83. The lowest BCUT2D eigenvalue weighted by Gasteiger charge is -2.19. The number of ether oxygens (including phenoxy) is 1. The molecule has 2 rings (SSSR count). The fourth-order valence-corrected chi connectivity index (χ4v) is 2.21. The number of aromatic nitrogens is 2. The molecule has 0 aliphatic carbocycles. The molecule has 124 valence electrons. The summed E-state index contributed by atoms with van der Waals surface area (Å²) in [5.74, 6) is -0.827. The molecule has 0 spiro atoms. The molecule has 2 heterocycles. The summed E-state index contributed by atoms with van der Waals surface area (Å²) in [5.41, 5.74) is 0.611.